The average molecular weight is 218 g/mol. The molecule has 0 unspecified atom stereocenters. The number of rotatable bonds is 3. The smallest absolute Gasteiger partial charge is 0.146 e. The number of hydrogen-bond donors (Lipinski definition) is 2. The van der Waals surface area contributed by atoms with Gasteiger partial charge in [0.25, 0.3) is 0 Å². The van der Waals surface area contributed by atoms with Gasteiger partial charge in [-0.1, -0.05) is 12.1 Å². The lowest BCUT2D eigenvalue weighted by Gasteiger charge is -2.19. The normalized spacial score (nSPS) is 16.1. The molecule has 84 valence electrons. The molecule has 1 aliphatic rings. The molecule has 0 fully saturated rings. The molecule has 0 aromatic heterocycles. The number of anilines is 1. The van der Waals surface area contributed by atoms with E-state index in [1.807, 2.05) is 0 Å². The predicted octanol–water partition coefficient (Wildman–Crippen LogP) is 3.72. The Morgan fingerprint density at radius 2 is 1.94 bits per heavy atom. The Bertz CT molecular complexity index is 424. The molecule has 0 bridgehead atoms. The number of halogens is 1. The summed E-state index contributed by atoms with van der Waals surface area (Å²) < 4.78 is 13.4. The van der Waals surface area contributed by atoms with Crippen molar-refractivity contribution in [1.82, 2.24) is 0 Å². The molecule has 2 N–H and O–H groups in total. The van der Waals surface area contributed by atoms with Crippen LogP contribution < -0.4 is 5.32 Å². The highest BCUT2D eigenvalue weighted by Crippen LogP contribution is 2.25. The van der Waals surface area contributed by atoms with Crippen LogP contribution in [0.4, 0.5) is 10.1 Å². The molecule has 0 radical (unpaired) electrons. The molecular formula is C13H15FN2. The number of benzene rings is 1. The molecule has 0 atom stereocenters. The van der Waals surface area contributed by atoms with E-state index in [9.17, 15) is 4.39 Å². The van der Waals surface area contributed by atoms with Crippen molar-refractivity contribution in [1.29, 1.82) is 5.41 Å². The van der Waals surface area contributed by atoms with E-state index in [-0.39, 0.29) is 5.82 Å². The summed E-state index contributed by atoms with van der Waals surface area (Å²) in [4.78, 5) is 0. The van der Waals surface area contributed by atoms with Gasteiger partial charge >= 0.3 is 0 Å². The van der Waals surface area contributed by atoms with Crippen molar-refractivity contribution in [2.75, 3.05) is 5.32 Å². The van der Waals surface area contributed by atoms with Gasteiger partial charge in [0.2, 0.25) is 0 Å². The first-order valence-electron chi connectivity index (χ1n) is 5.55. The average Bonchev–Trinajstić information content (AvgIpc) is 2.33. The first-order valence-corrected chi connectivity index (χ1v) is 5.55. The van der Waals surface area contributed by atoms with Crippen molar-refractivity contribution >= 4 is 11.9 Å². The fourth-order valence-corrected chi connectivity index (χ4v) is 1.96. The second-order valence-electron chi connectivity index (χ2n) is 3.96. The minimum atomic E-state index is -0.245. The third-order valence-electron chi connectivity index (χ3n) is 2.84. The second kappa shape index (κ2) is 4.92. The van der Waals surface area contributed by atoms with E-state index in [2.05, 4.69) is 5.32 Å². The maximum absolute atomic E-state index is 13.4. The van der Waals surface area contributed by atoms with E-state index < -0.39 is 0 Å². The van der Waals surface area contributed by atoms with E-state index in [1.54, 1.807) is 18.2 Å². The molecule has 0 aliphatic heterocycles. The van der Waals surface area contributed by atoms with Crippen molar-refractivity contribution in [2.24, 2.45) is 0 Å². The largest absolute Gasteiger partial charge is 0.356 e. The second-order valence-corrected chi connectivity index (χ2v) is 3.96. The molecule has 3 heteroatoms. The van der Waals surface area contributed by atoms with E-state index >= 15 is 0 Å². The maximum Gasteiger partial charge on any atom is 0.146 e. The van der Waals surface area contributed by atoms with Gasteiger partial charge in [-0.05, 0) is 43.4 Å². The lowest BCUT2D eigenvalue weighted by Crippen LogP contribution is -2.09. The molecule has 2 rings (SSSR count). The summed E-state index contributed by atoms with van der Waals surface area (Å²) in [5, 5.41) is 10.4. The van der Waals surface area contributed by atoms with Crippen LogP contribution in [0.25, 0.3) is 0 Å². The number of para-hydroxylation sites is 1. The van der Waals surface area contributed by atoms with Crippen LogP contribution in [0.3, 0.4) is 0 Å². The van der Waals surface area contributed by atoms with Crippen LogP contribution >= 0.6 is 0 Å². The molecule has 1 aliphatic carbocycles. The summed E-state index contributed by atoms with van der Waals surface area (Å²) in [6, 6.07) is 6.64. The van der Waals surface area contributed by atoms with E-state index in [1.165, 1.54) is 12.3 Å². The van der Waals surface area contributed by atoms with Crippen LogP contribution in [-0.4, -0.2) is 6.21 Å². The summed E-state index contributed by atoms with van der Waals surface area (Å²) >= 11 is 0. The summed E-state index contributed by atoms with van der Waals surface area (Å²) in [5.74, 6) is -0.245. The first kappa shape index (κ1) is 10.9. The standard InChI is InChI=1S/C13H15FN2/c14-11-6-2-4-8-13(11)16-12-7-3-1-5-10(12)9-15/h2,4,6,8-9,15-16H,1,3,5,7H2. The summed E-state index contributed by atoms with van der Waals surface area (Å²) in [7, 11) is 0. The number of allylic oxidation sites excluding steroid dienone is 2. The number of nitrogens with one attached hydrogen (secondary N) is 2. The molecule has 1 aromatic carbocycles. The van der Waals surface area contributed by atoms with Crippen LogP contribution in [-0.2, 0) is 0 Å². The molecule has 0 saturated carbocycles. The maximum atomic E-state index is 13.4. The van der Waals surface area contributed by atoms with Gasteiger partial charge in [0.05, 0.1) is 5.69 Å². The lowest BCUT2D eigenvalue weighted by molar-refractivity contribution is 0.629. The van der Waals surface area contributed by atoms with Gasteiger partial charge in [0, 0.05) is 11.9 Å². The van der Waals surface area contributed by atoms with Gasteiger partial charge in [0.15, 0.2) is 0 Å². The Kier molecular flexibility index (Phi) is 3.34. The third kappa shape index (κ3) is 2.30. The van der Waals surface area contributed by atoms with Crippen LogP contribution in [0.5, 0.6) is 0 Å². The highest BCUT2D eigenvalue weighted by molar-refractivity contribution is 5.78. The molecule has 16 heavy (non-hydrogen) atoms. The molecule has 0 saturated heterocycles. The molecular weight excluding hydrogens is 203 g/mol. The van der Waals surface area contributed by atoms with Crippen molar-refractivity contribution in [3.63, 3.8) is 0 Å². The zero-order valence-electron chi connectivity index (χ0n) is 9.09. The fourth-order valence-electron chi connectivity index (χ4n) is 1.96. The monoisotopic (exact) mass is 218 g/mol. The van der Waals surface area contributed by atoms with Gasteiger partial charge in [-0.25, -0.2) is 4.39 Å². The number of hydrogen-bond acceptors (Lipinski definition) is 2. The van der Waals surface area contributed by atoms with Crippen LogP contribution in [0.1, 0.15) is 25.7 Å². The van der Waals surface area contributed by atoms with Crippen molar-refractivity contribution in [3.05, 3.63) is 41.4 Å². The molecule has 2 nitrogen and oxygen atoms in total. The third-order valence-corrected chi connectivity index (χ3v) is 2.84. The van der Waals surface area contributed by atoms with Crippen molar-refractivity contribution < 1.29 is 4.39 Å². The van der Waals surface area contributed by atoms with Crippen LogP contribution in [0, 0.1) is 11.2 Å². The van der Waals surface area contributed by atoms with Gasteiger partial charge in [-0.15, -0.1) is 0 Å². The van der Waals surface area contributed by atoms with Crippen molar-refractivity contribution in [2.45, 2.75) is 25.7 Å². The highest BCUT2D eigenvalue weighted by atomic mass is 19.1. The zero-order chi connectivity index (χ0) is 11.4. The Hall–Kier alpha value is -1.64. The van der Waals surface area contributed by atoms with E-state index in [4.69, 9.17) is 5.41 Å². The zero-order valence-corrected chi connectivity index (χ0v) is 9.09. The Labute approximate surface area is 94.7 Å². The Morgan fingerprint density at radius 3 is 2.69 bits per heavy atom. The molecule has 0 spiro atoms. The van der Waals surface area contributed by atoms with Gasteiger partial charge < -0.3 is 10.7 Å². The fraction of sp³-hybridized carbons (Fsp3) is 0.308. The summed E-state index contributed by atoms with van der Waals surface area (Å²) in [6.45, 7) is 0. The van der Waals surface area contributed by atoms with Crippen LogP contribution in [0.2, 0.25) is 0 Å². The first-order chi connectivity index (χ1) is 7.81. The predicted molar refractivity (Wildman–Crippen MR) is 64.3 cm³/mol. The highest BCUT2D eigenvalue weighted by Gasteiger charge is 2.12. The molecule has 1 aromatic rings. The SMILES string of the molecule is N=CC1=C(Nc2ccccc2F)CCCC1. The molecule has 0 amide bonds. The topological polar surface area (TPSA) is 35.9 Å². The Morgan fingerprint density at radius 1 is 1.19 bits per heavy atom. The van der Waals surface area contributed by atoms with Crippen LogP contribution in [0.15, 0.2) is 35.5 Å². The summed E-state index contributed by atoms with van der Waals surface area (Å²) in [5.41, 5.74) is 2.49. The van der Waals surface area contributed by atoms with Gasteiger partial charge in [-0.3, -0.25) is 0 Å². The minimum absolute atomic E-state index is 0.245. The van der Waals surface area contributed by atoms with Gasteiger partial charge in [-0.2, -0.15) is 0 Å². The van der Waals surface area contributed by atoms with E-state index in [0.29, 0.717) is 5.69 Å². The van der Waals surface area contributed by atoms with Crippen molar-refractivity contribution in [3.8, 4) is 0 Å². The van der Waals surface area contributed by atoms with Gasteiger partial charge in [0.1, 0.15) is 5.82 Å². The molecule has 0 heterocycles. The lowest BCUT2D eigenvalue weighted by atomic mass is 9.97. The minimum Gasteiger partial charge on any atom is -0.356 e. The van der Waals surface area contributed by atoms with E-state index in [0.717, 1.165) is 37.0 Å². The quantitative estimate of drug-likeness (QED) is 0.745. The Balaban J connectivity index is 2.23. The summed E-state index contributed by atoms with van der Waals surface area (Å²) in [6.07, 6.45) is 5.42.